The molecule has 0 unspecified atom stereocenters. The van der Waals surface area contributed by atoms with Crippen molar-refractivity contribution in [3.8, 4) is 0 Å². The lowest BCUT2D eigenvalue weighted by atomic mass is 9.93. The van der Waals surface area contributed by atoms with Gasteiger partial charge in [0, 0.05) is 12.5 Å². The number of halogens is 3. The van der Waals surface area contributed by atoms with Gasteiger partial charge < -0.3 is 10.4 Å². The summed E-state index contributed by atoms with van der Waals surface area (Å²) < 4.78 is 35.9. The summed E-state index contributed by atoms with van der Waals surface area (Å²) in [5, 5.41) is 11.7. The fourth-order valence-electron chi connectivity index (χ4n) is 1.42. The molecule has 0 amide bonds. The maximum absolute atomic E-state index is 12.0. The maximum atomic E-state index is 12.0. The van der Waals surface area contributed by atoms with E-state index >= 15 is 0 Å². The van der Waals surface area contributed by atoms with Crippen molar-refractivity contribution in [1.29, 1.82) is 0 Å². The van der Waals surface area contributed by atoms with Crippen molar-refractivity contribution < 1.29 is 18.3 Å². The quantitative estimate of drug-likeness (QED) is 0.633. The van der Waals surface area contributed by atoms with Crippen LogP contribution in [0.3, 0.4) is 0 Å². The zero-order valence-corrected chi connectivity index (χ0v) is 6.56. The molecule has 1 rings (SSSR count). The van der Waals surface area contributed by atoms with Crippen molar-refractivity contribution in [3.05, 3.63) is 0 Å². The predicted molar refractivity (Wildman–Crippen MR) is 37.7 cm³/mol. The second kappa shape index (κ2) is 3.62. The Hall–Kier alpha value is -0.290. The maximum Gasteiger partial charge on any atom is 0.414 e. The lowest BCUT2D eigenvalue weighted by Gasteiger charge is -2.28. The van der Waals surface area contributed by atoms with Crippen LogP contribution < -0.4 is 5.32 Å². The van der Waals surface area contributed by atoms with Gasteiger partial charge in [0.15, 0.2) is 6.10 Å². The van der Waals surface area contributed by atoms with Gasteiger partial charge in [-0.05, 0) is 19.4 Å². The number of aliphatic hydroxyl groups excluding tert-OH is 1. The Labute approximate surface area is 68.8 Å². The fourth-order valence-corrected chi connectivity index (χ4v) is 1.42. The predicted octanol–water partition coefficient (Wildman–Crippen LogP) is 0.909. The number of piperidine rings is 1. The number of nitrogens with one attached hydrogen (secondary N) is 1. The molecule has 0 radical (unpaired) electrons. The Morgan fingerprint density at radius 3 is 2.50 bits per heavy atom. The first kappa shape index (κ1) is 9.80. The monoisotopic (exact) mass is 183 g/mol. The molecular formula is C7H12F3NO. The molecule has 0 aromatic heterocycles. The lowest BCUT2D eigenvalue weighted by molar-refractivity contribution is -0.220. The lowest BCUT2D eigenvalue weighted by Crippen LogP contribution is -2.43. The smallest absolute Gasteiger partial charge is 0.383 e. The molecule has 0 saturated carbocycles. The van der Waals surface area contributed by atoms with Crippen LogP contribution in [0.25, 0.3) is 0 Å². The molecule has 1 aliphatic rings. The van der Waals surface area contributed by atoms with E-state index in [4.69, 9.17) is 5.11 Å². The molecule has 1 saturated heterocycles. The number of hydrogen-bond acceptors (Lipinski definition) is 2. The molecule has 2 atom stereocenters. The molecule has 1 fully saturated rings. The normalized spacial score (nSPS) is 28.5. The zero-order valence-electron chi connectivity index (χ0n) is 6.56. The van der Waals surface area contributed by atoms with Crippen molar-refractivity contribution in [2.24, 2.45) is 5.92 Å². The van der Waals surface area contributed by atoms with Crippen LogP contribution in [0, 0.1) is 5.92 Å². The van der Waals surface area contributed by atoms with E-state index in [9.17, 15) is 13.2 Å². The third-order valence-corrected chi connectivity index (χ3v) is 2.12. The van der Waals surface area contributed by atoms with E-state index < -0.39 is 18.2 Å². The SMILES string of the molecule is O[C@H]([C@@H]1CCCNC1)C(F)(F)F. The van der Waals surface area contributed by atoms with Gasteiger partial charge >= 0.3 is 6.18 Å². The molecule has 2 nitrogen and oxygen atoms in total. The van der Waals surface area contributed by atoms with E-state index in [0.717, 1.165) is 6.54 Å². The highest BCUT2D eigenvalue weighted by atomic mass is 19.4. The summed E-state index contributed by atoms with van der Waals surface area (Å²) in [4.78, 5) is 0. The van der Waals surface area contributed by atoms with Crippen molar-refractivity contribution >= 4 is 0 Å². The molecule has 1 aliphatic heterocycles. The van der Waals surface area contributed by atoms with Gasteiger partial charge in [0.2, 0.25) is 0 Å². The number of hydrogen-bond donors (Lipinski definition) is 2. The Balaban J connectivity index is 2.45. The summed E-state index contributed by atoms with van der Waals surface area (Å²) >= 11 is 0. The summed E-state index contributed by atoms with van der Waals surface area (Å²) in [5.41, 5.74) is 0. The largest absolute Gasteiger partial charge is 0.414 e. The zero-order chi connectivity index (χ0) is 9.19. The highest BCUT2D eigenvalue weighted by molar-refractivity contribution is 4.80. The molecule has 2 N–H and O–H groups in total. The van der Waals surface area contributed by atoms with Gasteiger partial charge in [-0.15, -0.1) is 0 Å². The van der Waals surface area contributed by atoms with Crippen LogP contribution in [0.5, 0.6) is 0 Å². The third kappa shape index (κ3) is 2.35. The Morgan fingerprint density at radius 2 is 2.08 bits per heavy atom. The molecule has 0 bridgehead atoms. The summed E-state index contributed by atoms with van der Waals surface area (Å²) in [6, 6.07) is 0. The number of rotatable bonds is 1. The number of alkyl halides is 3. The average molecular weight is 183 g/mol. The van der Waals surface area contributed by atoms with Gasteiger partial charge in [-0.25, -0.2) is 0 Å². The van der Waals surface area contributed by atoms with Crippen molar-refractivity contribution in [2.75, 3.05) is 13.1 Å². The van der Waals surface area contributed by atoms with E-state index in [-0.39, 0.29) is 6.54 Å². The van der Waals surface area contributed by atoms with Crippen LogP contribution >= 0.6 is 0 Å². The van der Waals surface area contributed by atoms with Gasteiger partial charge in [0.25, 0.3) is 0 Å². The van der Waals surface area contributed by atoms with E-state index in [2.05, 4.69) is 5.32 Å². The number of aliphatic hydroxyl groups is 1. The van der Waals surface area contributed by atoms with Crippen LogP contribution in [0.4, 0.5) is 13.2 Å². The summed E-state index contributed by atoms with van der Waals surface area (Å²) in [7, 11) is 0. The van der Waals surface area contributed by atoms with Crippen LogP contribution in [-0.2, 0) is 0 Å². The van der Waals surface area contributed by atoms with Gasteiger partial charge in [0.1, 0.15) is 0 Å². The van der Waals surface area contributed by atoms with Crippen LogP contribution in [-0.4, -0.2) is 30.5 Å². The van der Waals surface area contributed by atoms with Gasteiger partial charge in [-0.1, -0.05) is 0 Å². The standard InChI is InChI=1S/C7H12F3NO/c8-7(9,10)6(12)5-2-1-3-11-4-5/h5-6,11-12H,1-4H2/t5-,6-/m1/s1. The molecule has 72 valence electrons. The van der Waals surface area contributed by atoms with Gasteiger partial charge in [-0.3, -0.25) is 0 Å². The minimum atomic E-state index is -4.47. The van der Waals surface area contributed by atoms with E-state index in [1.807, 2.05) is 0 Å². The molecular weight excluding hydrogens is 171 g/mol. The van der Waals surface area contributed by atoms with E-state index in [0.29, 0.717) is 12.8 Å². The van der Waals surface area contributed by atoms with Crippen LogP contribution in [0.15, 0.2) is 0 Å². The Morgan fingerprint density at radius 1 is 1.42 bits per heavy atom. The van der Waals surface area contributed by atoms with Gasteiger partial charge in [-0.2, -0.15) is 13.2 Å². The summed E-state index contributed by atoms with van der Waals surface area (Å²) in [6.45, 7) is 1.02. The highest BCUT2D eigenvalue weighted by Crippen LogP contribution is 2.28. The Kier molecular flexibility index (Phi) is 2.95. The molecule has 0 aliphatic carbocycles. The highest BCUT2D eigenvalue weighted by Gasteiger charge is 2.43. The first-order valence-electron chi connectivity index (χ1n) is 3.97. The molecule has 0 spiro atoms. The third-order valence-electron chi connectivity index (χ3n) is 2.12. The Bertz CT molecular complexity index is 142. The average Bonchev–Trinajstić information content (AvgIpc) is 2.03. The van der Waals surface area contributed by atoms with E-state index in [1.54, 1.807) is 0 Å². The van der Waals surface area contributed by atoms with Crippen LogP contribution in [0.2, 0.25) is 0 Å². The molecule has 12 heavy (non-hydrogen) atoms. The van der Waals surface area contributed by atoms with Crippen molar-refractivity contribution in [2.45, 2.75) is 25.1 Å². The minimum absolute atomic E-state index is 0.265. The van der Waals surface area contributed by atoms with E-state index in [1.165, 1.54) is 0 Å². The van der Waals surface area contributed by atoms with Gasteiger partial charge in [0.05, 0.1) is 0 Å². The summed E-state index contributed by atoms with van der Waals surface area (Å²) in [5.74, 6) is -0.668. The second-order valence-electron chi connectivity index (χ2n) is 3.09. The fraction of sp³-hybridized carbons (Fsp3) is 1.00. The first-order chi connectivity index (χ1) is 5.52. The van der Waals surface area contributed by atoms with Crippen LogP contribution in [0.1, 0.15) is 12.8 Å². The molecule has 0 aromatic rings. The van der Waals surface area contributed by atoms with Crippen molar-refractivity contribution in [3.63, 3.8) is 0 Å². The second-order valence-corrected chi connectivity index (χ2v) is 3.09. The minimum Gasteiger partial charge on any atom is -0.383 e. The topological polar surface area (TPSA) is 32.3 Å². The molecule has 0 aromatic carbocycles. The first-order valence-corrected chi connectivity index (χ1v) is 3.97. The molecule has 5 heteroatoms. The van der Waals surface area contributed by atoms with Crippen molar-refractivity contribution in [1.82, 2.24) is 5.32 Å². The summed E-state index contributed by atoms with van der Waals surface area (Å²) in [6.07, 6.45) is -5.47. The molecule has 1 heterocycles.